The van der Waals surface area contributed by atoms with Crippen LogP contribution in [-0.2, 0) is 4.79 Å². The zero-order valence-corrected chi connectivity index (χ0v) is 17.0. The fraction of sp³-hybridized carbons (Fsp3) is 0.952. The predicted octanol–water partition coefficient (Wildman–Crippen LogP) is 4.83. The van der Waals surface area contributed by atoms with Crippen LogP contribution in [-0.4, -0.2) is 35.4 Å². The molecular weight excluding hydrogens is 314 g/mol. The van der Waals surface area contributed by atoms with E-state index in [9.17, 15) is 4.79 Å². The SMILES string of the molecule is CSC1C(C)[C@@H]2[C@@H](CC[C@]3(C)CCC[C@@H]23)[C@@]2(C)CCC(=O)N(C)C12. The van der Waals surface area contributed by atoms with E-state index >= 15 is 0 Å². The maximum absolute atomic E-state index is 12.5. The summed E-state index contributed by atoms with van der Waals surface area (Å²) in [5.41, 5.74) is 0.940. The molecule has 1 amide bonds. The standard InChI is InChI=1S/C21H35NOS/c1-13-17-14-7-6-10-20(14,2)11-8-15(17)21(3)12-9-16(23)22(4)19(21)18(13)24-5/h13-15,17-19H,6-12H2,1-5H3/t13?,14-,15+,17-,18?,19?,20-,21+/m0/s1. The Bertz CT molecular complexity index is 536. The molecular formula is C21H35NOS. The average Bonchev–Trinajstić information content (AvgIpc) is 2.95. The number of thioether (sulfide) groups is 1. The van der Waals surface area contributed by atoms with E-state index in [1.54, 1.807) is 0 Å². The van der Waals surface area contributed by atoms with Crippen LogP contribution in [0.25, 0.3) is 0 Å². The number of nitrogens with zero attached hydrogens (tertiary/aromatic N) is 1. The molecule has 3 unspecified atom stereocenters. The zero-order chi connectivity index (χ0) is 17.3. The van der Waals surface area contributed by atoms with Crippen LogP contribution in [0.1, 0.15) is 65.7 Å². The number of carbonyl (C=O) groups excluding carboxylic acids is 1. The molecule has 0 aromatic carbocycles. The first kappa shape index (κ1) is 17.2. The summed E-state index contributed by atoms with van der Waals surface area (Å²) < 4.78 is 0. The van der Waals surface area contributed by atoms with Crippen LogP contribution >= 0.6 is 11.8 Å². The van der Waals surface area contributed by atoms with Gasteiger partial charge in [0, 0.05) is 24.8 Å². The second-order valence-electron chi connectivity index (χ2n) is 9.89. The van der Waals surface area contributed by atoms with Crippen molar-refractivity contribution in [3.63, 3.8) is 0 Å². The van der Waals surface area contributed by atoms with E-state index in [2.05, 4.69) is 39.0 Å². The number of amides is 1. The molecule has 3 heteroatoms. The highest BCUT2D eigenvalue weighted by Gasteiger charge is 2.63. The molecule has 2 nitrogen and oxygen atoms in total. The molecule has 0 aromatic rings. The normalized spacial score (nSPS) is 54.2. The molecule has 1 aliphatic heterocycles. The number of piperidine rings is 1. The van der Waals surface area contributed by atoms with Crippen molar-refractivity contribution >= 4 is 17.7 Å². The van der Waals surface area contributed by atoms with Crippen LogP contribution in [0.3, 0.4) is 0 Å². The Hall–Kier alpha value is -0.180. The van der Waals surface area contributed by atoms with Crippen molar-refractivity contribution in [2.45, 2.75) is 77.0 Å². The smallest absolute Gasteiger partial charge is 0.222 e. The number of carbonyl (C=O) groups is 1. The largest absolute Gasteiger partial charge is 0.341 e. The van der Waals surface area contributed by atoms with Crippen LogP contribution in [0, 0.1) is 34.5 Å². The molecule has 0 N–H and O–H groups in total. The van der Waals surface area contributed by atoms with Crippen molar-refractivity contribution in [2.24, 2.45) is 34.5 Å². The van der Waals surface area contributed by atoms with Crippen LogP contribution in [0.5, 0.6) is 0 Å². The second kappa shape index (κ2) is 5.66. The van der Waals surface area contributed by atoms with E-state index in [0.29, 0.717) is 28.0 Å². The highest BCUT2D eigenvalue weighted by molar-refractivity contribution is 7.99. The van der Waals surface area contributed by atoms with Gasteiger partial charge in [0.15, 0.2) is 0 Å². The molecule has 0 aromatic heterocycles. The van der Waals surface area contributed by atoms with Crippen LogP contribution < -0.4 is 0 Å². The van der Waals surface area contributed by atoms with Crippen LogP contribution in [0.4, 0.5) is 0 Å². The van der Waals surface area contributed by atoms with Gasteiger partial charge in [-0.25, -0.2) is 0 Å². The Morgan fingerprint density at radius 1 is 1.12 bits per heavy atom. The first-order valence-corrected chi connectivity index (χ1v) is 11.4. The van der Waals surface area contributed by atoms with Gasteiger partial charge in [0.25, 0.3) is 0 Å². The summed E-state index contributed by atoms with van der Waals surface area (Å²) in [5, 5.41) is 0.605. The monoisotopic (exact) mass is 349 g/mol. The molecule has 24 heavy (non-hydrogen) atoms. The van der Waals surface area contributed by atoms with Gasteiger partial charge in [-0.2, -0.15) is 11.8 Å². The molecule has 0 radical (unpaired) electrons. The predicted molar refractivity (Wildman–Crippen MR) is 102 cm³/mol. The van der Waals surface area contributed by atoms with E-state index in [0.717, 1.165) is 36.5 Å². The van der Waals surface area contributed by atoms with Crippen molar-refractivity contribution in [1.82, 2.24) is 4.90 Å². The number of hydrogen-bond acceptors (Lipinski definition) is 2. The number of rotatable bonds is 1. The number of fused-ring (bicyclic) bond motifs is 5. The summed E-state index contributed by atoms with van der Waals surface area (Å²) in [7, 11) is 2.09. The Kier molecular flexibility index (Phi) is 4.07. The van der Waals surface area contributed by atoms with E-state index in [4.69, 9.17) is 0 Å². The molecule has 3 aliphatic carbocycles. The third-order valence-electron chi connectivity index (χ3n) is 9.03. The van der Waals surface area contributed by atoms with Crippen molar-refractivity contribution in [2.75, 3.05) is 13.3 Å². The van der Waals surface area contributed by atoms with Gasteiger partial charge in [-0.1, -0.05) is 27.2 Å². The van der Waals surface area contributed by atoms with Gasteiger partial charge >= 0.3 is 0 Å². The van der Waals surface area contributed by atoms with E-state index in [-0.39, 0.29) is 0 Å². The number of likely N-dealkylation sites (tertiary alicyclic amines) is 1. The van der Waals surface area contributed by atoms with Crippen molar-refractivity contribution in [3.8, 4) is 0 Å². The zero-order valence-electron chi connectivity index (χ0n) is 16.2. The van der Waals surface area contributed by atoms with Crippen molar-refractivity contribution in [3.05, 3.63) is 0 Å². The summed E-state index contributed by atoms with van der Waals surface area (Å²) >= 11 is 2.04. The molecule has 4 aliphatic rings. The Morgan fingerprint density at radius 2 is 1.88 bits per heavy atom. The topological polar surface area (TPSA) is 20.3 Å². The fourth-order valence-corrected chi connectivity index (χ4v) is 9.20. The maximum atomic E-state index is 12.5. The Labute approximate surface area is 152 Å². The number of hydrogen-bond donors (Lipinski definition) is 0. The van der Waals surface area contributed by atoms with E-state index < -0.39 is 0 Å². The molecule has 1 saturated heterocycles. The molecule has 8 atom stereocenters. The average molecular weight is 350 g/mol. The lowest BCUT2D eigenvalue weighted by atomic mass is 9.45. The quantitative estimate of drug-likeness (QED) is 0.676. The third-order valence-corrected chi connectivity index (χ3v) is 10.3. The van der Waals surface area contributed by atoms with Crippen LogP contribution in [0.15, 0.2) is 0 Å². The van der Waals surface area contributed by atoms with Gasteiger partial charge in [0.2, 0.25) is 5.91 Å². The minimum Gasteiger partial charge on any atom is -0.341 e. The van der Waals surface area contributed by atoms with Gasteiger partial charge in [0.1, 0.15) is 0 Å². The summed E-state index contributed by atoms with van der Waals surface area (Å²) in [6.45, 7) is 7.66. The lowest BCUT2D eigenvalue weighted by molar-refractivity contribution is -0.162. The van der Waals surface area contributed by atoms with Gasteiger partial charge in [-0.05, 0) is 72.9 Å². The molecule has 0 spiro atoms. The Balaban J connectivity index is 1.77. The highest BCUT2D eigenvalue weighted by atomic mass is 32.2. The first-order chi connectivity index (χ1) is 11.3. The van der Waals surface area contributed by atoms with Gasteiger partial charge in [0.05, 0.1) is 0 Å². The van der Waals surface area contributed by atoms with Crippen molar-refractivity contribution in [1.29, 1.82) is 0 Å². The fourth-order valence-electron chi connectivity index (χ4n) is 7.84. The summed E-state index contributed by atoms with van der Waals surface area (Å²) in [6.07, 6.45) is 11.4. The minimum atomic E-state index is 0.331. The maximum Gasteiger partial charge on any atom is 0.222 e. The summed E-state index contributed by atoms with van der Waals surface area (Å²) in [6, 6.07) is 0.441. The molecule has 0 bridgehead atoms. The van der Waals surface area contributed by atoms with Crippen molar-refractivity contribution < 1.29 is 4.79 Å². The first-order valence-electron chi connectivity index (χ1n) is 10.1. The lowest BCUT2D eigenvalue weighted by Gasteiger charge is -2.65. The Morgan fingerprint density at radius 3 is 2.58 bits per heavy atom. The summed E-state index contributed by atoms with van der Waals surface area (Å²) in [4.78, 5) is 14.6. The second-order valence-corrected chi connectivity index (χ2v) is 10.9. The van der Waals surface area contributed by atoms with Gasteiger partial charge < -0.3 is 4.90 Å². The molecule has 136 valence electrons. The molecule has 3 saturated carbocycles. The molecule has 4 rings (SSSR count). The minimum absolute atomic E-state index is 0.331. The van der Waals surface area contributed by atoms with E-state index in [1.807, 2.05) is 11.8 Å². The third kappa shape index (κ3) is 2.12. The van der Waals surface area contributed by atoms with Gasteiger partial charge in [-0.15, -0.1) is 0 Å². The van der Waals surface area contributed by atoms with E-state index in [1.165, 1.54) is 32.1 Å². The summed E-state index contributed by atoms with van der Waals surface area (Å²) in [5.74, 6) is 3.75. The highest BCUT2D eigenvalue weighted by Crippen LogP contribution is 2.66. The molecule has 1 heterocycles. The molecule has 4 fully saturated rings. The van der Waals surface area contributed by atoms with Gasteiger partial charge in [-0.3, -0.25) is 4.79 Å². The van der Waals surface area contributed by atoms with Crippen LogP contribution in [0.2, 0.25) is 0 Å². The lowest BCUT2D eigenvalue weighted by Crippen LogP contribution is -2.67.